The predicted octanol–water partition coefficient (Wildman–Crippen LogP) is 8.09. The minimum atomic E-state index is -1.96. The molecule has 0 spiro atoms. The van der Waals surface area contributed by atoms with Crippen molar-refractivity contribution in [2.24, 2.45) is 34.5 Å². The van der Waals surface area contributed by atoms with Gasteiger partial charge in [0.2, 0.25) is 0 Å². The van der Waals surface area contributed by atoms with Gasteiger partial charge in [0.25, 0.3) is 0 Å². The van der Waals surface area contributed by atoms with E-state index in [-0.39, 0.29) is 40.7 Å². The Morgan fingerprint density at radius 2 is 1.76 bits per heavy atom. The van der Waals surface area contributed by atoms with Crippen LogP contribution in [-0.2, 0) is 23.5 Å². The largest absolute Gasteiger partial charge is 0.462 e. The van der Waals surface area contributed by atoms with Crippen LogP contribution in [0.4, 0.5) is 0 Å². The van der Waals surface area contributed by atoms with Gasteiger partial charge in [0, 0.05) is 12.3 Å². The molecule has 2 aliphatic carbocycles. The quantitative estimate of drug-likeness (QED) is 0.174. The zero-order valence-electron chi connectivity index (χ0n) is 26.2. The maximum absolute atomic E-state index is 13.2. The van der Waals surface area contributed by atoms with E-state index in [0.29, 0.717) is 30.1 Å². The van der Waals surface area contributed by atoms with E-state index in [1.54, 1.807) is 0 Å². The number of esters is 2. The molecule has 1 heterocycles. The standard InChI is InChI=1S/C32H56O5Si/c1-12-32(8,9)29(34)36-26-20-31(6,7)19-22-14-13-21(2)25(28(22)26)16-15-23-17-24(18-27(33)35-23)37-38(10,11)30(3,4)5/h13-14,21-26,28H,12,15-20H2,1-11H3/t21-,22+,23-,24+,25-,26-,28+/m0/s1. The van der Waals surface area contributed by atoms with Gasteiger partial charge in [-0.2, -0.15) is 0 Å². The average Bonchev–Trinajstić information content (AvgIpc) is 2.76. The summed E-state index contributed by atoms with van der Waals surface area (Å²) in [6, 6.07) is 0. The summed E-state index contributed by atoms with van der Waals surface area (Å²) in [7, 11) is -1.96. The minimum absolute atomic E-state index is 0.0565. The lowest BCUT2D eigenvalue weighted by molar-refractivity contribution is -0.173. The summed E-state index contributed by atoms with van der Waals surface area (Å²) in [4.78, 5) is 25.8. The number of hydrogen-bond acceptors (Lipinski definition) is 5. The Labute approximate surface area is 234 Å². The van der Waals surface area contributed by atoms with Crippen molar-refractivity contribution in [3.63, 3.8) is 0 Å². The van der Waals surface area contributed by atoms with Crippen LogP contribution in [0.15, 0.2) is 12.2 Å². The first-order valence-electron chi connectivity index (χ1n) is 15.1. The molecule has 0 N–H and O–H groups in total. The van der Waals surface area contributed by atoms with Crippen LogP contribution in [0.2, 0.25) is 18.1 Å². The lowest BCUT2D eigenvalue weighted by atomic mass is 9.57. The highest BCUT2D eigenvalue weighted by molar-refractivity contribution is 6.74. The Balaban J connectivity index is 1.74. The molecule has 218 valence electrons. The van der Waals surface area contributed by atoms with Crippen molar-refractivity contribution < 1.29 is 23.5 Å². The van der Waals surface area contributed by atoms with Crippen LogP contribution in [0.3, 0.4) is 0 Å². The van der Waals surface area contributed by atoms with Gasteiger partial charge in [-0.3, -0.25) is 9.59 Å². The van der Waals surface area contributed by atoms with Crippen molar-refractivity contribution in [1.29, 1.82) is 0 Å². The molecule has 3 rings (SSSR count). The van der Waals surface area contributed by atoms with Crippen LogP contribution in [0.25, 0.3) is 0 Å². The van der Waals surface area contributed by atoms with Crippen molar-refractivity contribution in [2.75, 3.05) is 0 Å². The molecule has 0 aromatic carbocycles. The Morgan fingerprint density at radius 3 is 2.37 bits per heavy atom. The van der Waals surface area contributed by atoms with Crippen molar-refractivity contribution in [1.82, 2.24) is 0 Å². The molecular formula is C32H56O5Si. The van der Waals surface area contributed by atoms with Gasteiger partial charge in [-0.15, -0.1) is 0 Å². The lowest BCUT2D eigenvalue weighted by Gasteiger charge is -2.51. The number of hydrogen-bond donors (Lipinski definition) is 0. The van der Waals surface area contributed by atoms with Crippen LogP contribution in [0, 0.1) is 34.5 Å². The summed E-state index contributed by atoms with van der Waals surface area (Å²) in [5.41, 5.74) is -0.344. The van der Waals surface area contributed by atoms with Gasteiger partial charge in [-0.1, -0.05) is 60.6 Å². The third-order valence-electron chi connectivity index (χ3n) is 10.3. The predicted molar refractivity (Wildman–Crippen MR) is 156 cm³/mol. The molecule has 6 heteroatoms. The van der Waals surface area contributed by atoms with Gasteiger partial charge >= 0.3 is 11.9 Å². The maximum Gasteiger partial charge on any atom is 0.311 e. The molecule has 1 aliphatic heterocycles. The first-order valence-corrected chi connectivity index (χ1v) is 18.0. The van der Waals surface area contributed by atoms with E-state index in [2.05, 4.69) is 73.7 Å². The maximum atomic E-state index is 13.2. The third-order valence-corrected chi connectivity index (χ3v) is 14.8. The summed E-state index contributed by atoms with van der Waals surface area (Å²) >= 11 is 0. The summed E-state index contributed by atoms with van der Waals surface area (Å²) in [5, 5.41) is 0.107. The van der Waals surface area contributed by atoms with Gasteiger partial charge in [-0.05, 0) is 87.3 Å². The second kappa shape index (κ2) is 11.4. The fraction of sp³-hybridized carbons (Fsp3) is 0.875. The highest BCUT2D eigenvalue weighted by atomic mass is 28.4. The molecular weight excluding hydrogens is 492 g/mol. The Kier molecular flexibility index (Phi) is 9.40. The molecule has 0 aromatic rings. The number of cyclic esters (lactones) is 1. The Hall–Kier alpha value is -1.14. The van der Waals surface area contributed by atoms with Gasteiger partial charge in [0.05, 0.1) is 17.9 Å². The van der Waals surface area contributed by atoms with Crippen molar-refractivity contribution in [3.8, 4) is 0 Å². The van der Waals surface area contributed by atoms with Gasteiger partial charge in [-0.25, -0.2) is 0 Å². The van der Waals surface area contributed by atoms with Crippen molar-refractivity contribution in [3.05, 3.63) is 12.2 Å². The SMILES string of the molecule is CCC(C)(C)C(=O)O[C@H]1CC(C)(C)C[C@H]2C=C[C@H](C)[C@H](CC[C@H]3C[C@@H](O[Si](C)(C)C(C)(C)C)CC(=O)O3)[C@@H]21. The normalized spacial score (nSPS) is 33.9. The number of carbonyl (C=O) groups is 2. The molecule has 38 heavy (non-hydrogen) atoms. The monoisotopic (exact) mass is 548 g/mol. The van der Waals surface area contributed by atoms with Gasteiger partial charge < -0.3 is 13.9 Å². The molecule has 0 unspecified atom stereocenters. The molecule has 2 fully saturated rings. The summed E-state index contributed by atoms with van der Waals surface area (Å²) in [6.07, 6.45) is 10.2. The topological polar surface area (TPSA) is 61.8 Å². The smallest absolute Gasteiger partial charge is 0.311 e. The first-order chi connectivity index (χ1) is 17.3. The molecule has 0 aromatic heterocycles. The second-order valence-corrected chi connectivity index (χ2v) is 20.3. The number of allylic oxidation sites excluding steroid dienone is 2. The van der Waals surface area contributed by atoms with Crippen LogP contribution in [-0.4, -0.2) is 38.6 Å². The highest BCUT2D eigenvalue weighted by Gasteiger charge is 2.49. The van der Waals surface area contributed by atoms with E-state index in [4.69, 9.17) is 13.9 Å². The molecule has 0 amide bonds. The molecule has 5 nitrogen and oxygen atoms in total. The molecule has 0 bridgehead atoms. The number of ether oxygens (including phenoxy) is 2. The fourth-order valence-corrected chi connectivity index (χ4v) is 7.88. The van der Waals surface area contributed by atoms with Crippen molar-refractivity contribution in [2.45, 2.75) is 144 Å². The van der Waals surface area contributed by atoms with E-state index in [1.807, 2.05) is 13.8 Å². The van der Waals surface area contributed by atoms with E-state index in [1.165, 1.54) is 0 Å². The Morgan fingerprint density at radius 1 is 1.11 bits per heavy atom. The van der Waals surface area contributed by atoms with Crippen LogP contribution < -0.4 is 0 Å². The summed E-state index contributed by atoms with van der Waals surface area (Å²) < 4.78 is 18.9. The molecule has 1 saturated carbocycles. The zero-order chi connectivity index (χ0) is 28.7. The number of fused-ring (bicyclic) bond motifs is 1. The highest BCUT2D eigenvalue weighted by Crippen LogP contribution is 2.52. The summed E-state index contributed by atoms with van der Waals surface area (Å²) in [6.45, 7) is 24.2. The molecule has 7 atom stereocenters. The minimum Gasteiger partial charge on any atom is -0.462 e. The molecule has 1 saturated heterocycles. The van der Waals surface area contributed by atoms with E-state index in [0.717, 1.165) is 38.5 Å². The van der Waals surface area contributed by atoms with E-state index < -0.39 is 13.7 Å². The average molecular weight is 549 g/mol. The second-order valence-electron chi connectivity index (χ2n) is 15.5. The zero-order valence-corrected chi connectivity index (χ0v) is 27.2. The van der Waals surface area contributed by atoms with Crippen LogP contribution in [0.1, 0.15) is 107 Å². The van der Waals surface area contributed by atoms with Gasteiger partial charge in [0.15, 0.2) is 8.32 Å². The fourth-order valence-electron chi connectivity index (χ4n) is 6.51. The van der Waals surface area contributed by atoms with E-state index >= 15 is 0 Å². The van der Waals surface area contributed by atoms with Crippen molar-refractivity contribution >= 4 is 20.3 Å². The number of rotatable bonds is 8. The van der Waals surface area contributed by atoms with Gasteiger partial charge in [0.1, 0.15) is 12.2 Å². The van der Waals surface area contributed by atoms with Crippen LogP contribution in [0.5, 0.6) is 0 Å². The first kappa shape index (κ1) is 31.4. The molecule has 3 aliphatic rings. The third kappa shape index (κ3) is 7.32. The lowest BCUT2D eigenvalue weighted by Crippen LogP contribution is -2.49. The summed E-state index contributed by atoms with van der Waals surface area (Å²) in [5.74, 6) is 1.30. The Bertz CT molecular complexity index is 883. The van der Waals surface area contributed by atoms with Crippen LogP contribution >= 0.6 is 0 Å². The van der Waals surface area contributed by atoms with E-state index in [9.17, 15) is 9.59 Å². The number of carbonyl (C=O) groups excluding carboxylic acids is 2. The molecule has 0 radical (unpaired) electrons.